The fourth-order valence-electron chi connectivity index (χ4n) is 5.36. The van der Waals surface area contributed by atoms with E-state index in [-0.39, 0.29) is 6.04 Å². The molecule has 1 aromatic heterocycles. The van der Waals surface area contributed by atoms with E-state index in [2.05, 4.69) is 142 Å². The van der Waals surface area contributed by atoms with Crippen LogP contribution < -0.4 is 5.32 Å². The number of pyridine rings is 1. The predicted molar refractivity (Wildman–Crippen MR) is 201 cm³/mol. The minimum absolute atomic E-state index is 0.00107. The summed E-state index contributed by atoms with van der Waals surface area (Å²) in [6.45, 7) is 18.9. The van der Waals surface area contributed by atoms with Crippen LogP contribution in [0.5, 0.6) is 0 Å². The lowest BCUT2D eigenvalue weighted by Crippen LogP contribution is -2.13. The molecular weight excluding hydrogens is 556 g/mol. The van der Waals surface area contributed by atoms with Gasteiger partial charge in [0.1, 0.15) is 0 Å². The average molecular weight is 607 g/mol. The van der Waals surface area contributed by atoms with Gasteiger partial charge in [0, 0.05) is 18.3 Å². The molecule has 3 rings (SSSR count). The summed E-state index contributed by atoms with van der Waals surface area (Å²) in [6, 6.07) is 14.8. The minimum Gasteiger partial charge on any atom is -0.381 e. The molecule has 1 aliphatic rings. The first-order valence-corrected chi connectivity index (χ1v) is 16.3. The molecule has 1 atom stereocenters. The third-order valence-corrected chi connectivity index (χ3v) is 7.66. The summed E-state index contributed by atoms with van der Waals surface area (Å²) >= 11 is 0. The third kappa shape index (κ3) is 11.2. The third-order valence-electron chi connectivity index (χ3n) is 7.66. The number of benzene rings is 1. The van der Waals surface area contributed by atoms with Crippen molar-refractivity contribution in [1.29, 1.82) is 0 Å². The number of hydrogen-bond donors (Lipinski definition) is 1. The lowest BCUT2D eigenvalue weighted by atomic mass is 9.83. The van der Waals surface area contributed by atoms with Gasteiger partial charge in [-0.15, -0.1) is 6.58 Å². The Labute approximate surface area is 278 Å². The topological polar surface area (TPSA) is 24.9 Å². The predicted octanol–water partition coefficient (Wildman–Crippen LogP) is 11.5. The molecule has 2 nitrogen and oxygen atoms in total. The molecule has 46 heavy (non-hydrogen) atoms. The van der Waals surface area contributed by atoms with Gasteiger partial charge in [-0.25, -0.2) is 0 Å². The molecule has 0 bridgehead atoms. The molecule has 0 radical (unpaired) electrons. The Bertz CT molecular complexity index is 1600. The van der Waals surface area contributed by atoms with E-state index in [1.807, 2.05) is 48.8 Å². The van der Waals surface area contributed by atoms with E-state index in [0.29, 0.717) is 0 Å². The van der Waals surface area contributed by atoms with Crippen LogP contribution in [0.25, 0.3) is 0 Å². The van der Waals surface area contributed by atoms with Crippen LogP contribution >= 0.6 is 0 Å². The molecule has 1 aromatic carbocycles. The average Bonchev–Trinajstić information content (AvgIpc) is 3.08. The Kier molecular flexibility index (Phi) is 15.6. The van der Waals surface area contributed by atoms with Crippen LogP contribution in [0.2, 0.25) is 0 Å². The van der Waals surface area contributed by atoms with Crippen molar-refractivity contribution < 1.29 is 0 Å². The molecule has 1 aliphatic carbocycles. The smallest absolute Gasteiger partial charge is 0.0690 e. The molecule has 0 fully saturated rings. The second kappa shape index (κ2) is 20.2. The van der Waals surface area contributed by atoms with Gasteiger partial charge in [-0.2, -0.15) is 0 Å². The van der Waals surface area contributed by atoms with E-state index in [0.717, 1.165) is 48.9 Å². The normalized spacial score (nSPS) is 18.6. The maximum atomic E-state index is 4.41. The highest BCUT2D eigenvalue weighted by molar-refractivity contribution is 5.65. The van der Waals surface area contributed by atoms with Crippen molar-refractivity contribution >= 4 is 0 Å². The largest absolute Gasteiger partial charge is 0.381 e. The maximum Gasteiger partial charge on any atom is 0.0690 e. The Balaban J connectivity index is 2.06. The molecule has 0 saturated heterocycles. The first-order chi connectivity index (χ1) is 22.5. The standard InChI is InChI=1S/C44H50N2/c1-7-11-30-41(35(5)6)44(38-25-17-15-13-12-14-16-18-26-38)42(23-8-2)37(9-3)33-36-24-21-27-39(34-36)43(10-4)46-32-22-29-40-28-19-20-31-45-40/h7-8,10-15,18-28,30-32,34,43,46H,1,4-5,9,16-17,29,33H2,2-3,6H3/b14-12-,15-13-,23-8-,26-18-,30-11-,32-22-,38-25+,42-37-,44-41-. The molecular formula is C44H50N2. The van der Waals surface area contributed by atoms with Crippen molar-refractivity contribution in [3.63, 3.8) is 0 Å². The van der Waals surface area contributed by atoms with Crippen molar-refractivity contribution in [3.05, 3.63) is 210 Å². The first kappa shape index (κ1) is 35.5. The highest BCUT2D eigenvalue weighted by Crippen LogP contribution is 2.34. The van der Waals surface area contributed by atoms with E-state index >= 15 is 0 Å². The number of hydrogen-bond acceptors (Lipinski definition) is 2. The lowest BCUT2D eigenvalue weighted by Gasteiger charge is -2.21. The fraction of sp³-hybridized carbons (Fsp3) is 0.205. The van der Waals surface area contributed by atoms with Crippen LogP contribution in [-0.2, 0) is 12.8 Å². The Morgan fingerprint density at radius 3 is 2.52 bits per heavy atom. The molecule has 1 N–H and O–H groups in total. The maximum absolute atomic E-state index is 4.41. The van der Waals surface area contributed by atoms with Gasteiger partial charge in [-0.3, -0.25) is 4.98 Å². The highest BCUT2D eigenvalue weighted by atomic mass is 14.9. The van der Waals surface area contributed by atoms with E-state index in [9.17, 15) is 0 Å². The molecule has 236 valence electrons. The van der Waals surface area contributed by atoms with Gasteiger partial charge in [0.05, 0.1) is 6.04 Å². The number of aromatic nitrogens is 1. The van der Waals surface area contributed by atoms with Gasteiger partial charge in [-0.05, 0) is 91.3 Å². The second-order valence-electron chi connectivity index (χ2n) is 11.2. The Morgan fingerprint density at radius 2 is 1.83 bits per heavy atom. The molecule has 2 aromatic rings. The number of rotatable bonds is 15. The van der Waals surface area contributed by atoms with Crippen LogP contribution in [0.4, 0.5) is 0 Å². The summed E-state index contributed by atoms with van der Waals surface area (Å²) in [5.41, 5.74) is 10.6. The minimum atomic E-state index is -0.00107. The number of nitrogens with zero attached hydrogens (tertiary/aromatic N) is 1. The van der Waals surface area contributed by atoms with Gasteiger partial charge >= 0.3 is 0 Å². The van der Waals surface area contributed by atoms with Gasteiger partial charge in [0.25, 0.3) is 0 Å². The second-order valence-corrected chi connectivity index (χ2v) is 11.2. The molecule has 2 heteroatoms. The van der Waals surface area contributed by atoms with Crippen molar-refractivity contribution in [2.45, 2.75) is 58.9 Å². The van der Waals surface area contributed by atoms with Crippen molar-refractivity contribution in [3.8, 4) is 0 Å². The van der Waals surface area contributed by atoms with Crippen LogP contribution in [0.1, 0.15) is 62.9 Å². The van der Waals surface area contributed by atoms with Crippen LogP contribution in [0.3, 0.4) is 0 Å². The van der Waals surface area contributed by atoms with Crippen LogP contribution in [-0.4, -0.2) is 4.98 Å². The van der Waals surface area contributed by atoms with Crippen LogP contribution in [0, 0.1) is 0 Å². The zero-order valence-electron chi connectivity index (χ0n) is 28.0. The van der Waals surface area contributed by atoms with Gasteiger partial charge in [0.2, 0.25) is 0 Å². The Hall–Kier alpha value is -4.95. The molecule has 0 amide bonds. The number of allylic oxidation sites excluding steroid dienone is 19. The summed E-state index contributed by atoms with van der Waals surface area (Å²) in [4.78, 5) is 4.40. The van der Waals surface area contributed by atoms with Gasteiger partial charge in [-0.1, -0.05) is 147 Å². The van der Waals surface area contributed by atoms with Gasteiger partial charge in [0.15, 0.2) is 0 Å². The summed E-state index contributed by atoms with van der Waals surface area (Å²) in [5, 5.41) is 3.51. The first-order valence-electron chi connectivity index (χ1n) is 16.3. The molecule has 0 saturated carbocycles. The summed E-state index contributed by atoms with van der Waals surface area (Å²) < 4.78 is 0. The van der Waals surface area contributed by atoms with E-state index in [4.69, 9.17) is 0 Å². The highest BCUT2D eigenvalue weighted by Gasteiger charge is 2.17. The van der Waals surface area contributed by atoms with Crippen LogP contribution in [0.15, 0.2) is 193 Å². The summed E-state index contributed by atoms with van der Waals surface area (Å²) in [6.07, 6.45) is 38.0. The SMILES string of the molecule is C=C\C=C/C(C(=C)C)=C(C(/C=C\C)=C(/CC)Cc1cccc(C(C=C)N/C=C\Cc2ccccn2)c1)\C1=C\C/C=C\C=C/C\C=C/1. The number of nitrogens with one attached hydrogen (secondary N) is 1. The Morgan fingerprint density at radius 1 is 1.00 bits per heavy atom. The quantitative estimate of drug-likeness (QED) is 0.161. The van der Waals surface area contributed by atoms with Crippen molar-refractivity contribution in [1.82, 2.24) is 10.3 Å². The molecule has 0 aliphatic heterocycles. The van der Waals surface area contributed by atoms with Crippen molar-refractivity contribution in [2.24, 2.45) is 0 Å². The summed E-state index contributed by atoms with van der Waals surface area (Å²) in [5.74, 6) is 0. The van der Waals surface area contributed by atoms with E-state index in [1.54, 1.807) is 0 Å². The zero-order valence-corrected chi connectivity index (χ0v) is 28.0. The van der Waals surface area contributed by atoms with E-state index < -0.39 is 0 Å². The fourth-order valence-corrected chi connectivity index (χ4v) is 5.36. The summed E-state index contributed by atoms with van der Waals surface area (Å²) in [7, 11) is 0. The lowest BCUT2D eigenvalue weighted by molar-refractivity contribution is 0.752. The van der Waals surface area contributed by atoms with Gasteiger partial charge < -0.3 is 5.32 Å². The van der Waals surface area contributed by atoms with E-state index in [1.165, 1.54) is 33.4 Å². The monoisotopic (exact) mass is 606 g/mol. The van der Waals surface area contributed by atoms with Crippen molar-refractivity contribution in [2.75, 3.05) is 0 Å². The molecule has 0 spiro atoms. The molecule has 1 unspecified atom stereocenters. The molecule has 1 heterocycles. The zero-order chi connectivity index (χ0) is 33.0.